The molecule has 0 aliphatic heterocycles. The summed E-state index contributed by atoms with van der Waals surface area (Å²) in [6.45, 7) is 0.260. The third-order valence-electron chi connectivity index (χ3n) is 2.46. The molecule has 0 radical (unpaired) electrons. The molecule has 0 unspecified atom stereocenters. The number of halogens is 1. The van der Waals surface area contributed by atoms with Crippen molar-refractivity contribution in [1.29, 1.82) is 0 Å². The summed E-state index contributed by atoms with van der Waals surface area (Å²) in [5, 5.41) is 3.21. The van der Waals surface area contributed by atoms with Gasteiger partial charge in [-0.25, -0.2) is 0 Å². The number of hydrogen-bond acceptors (Lipinski definition) is 3. The number of carbonyl (C=O) groups excluding carboxylic acids is 1. The quantitative estimate of drug-likeness (QED) is 0.832. The molecule has 1 aromatic heterocycles. The highest BCUT2D eigenvalue weighted by Crippen LogP contribution is 2.21. The van der Waals surface area contributed by atoms with E-state index >= 15 is 0 Å². The van der Waals surface area contributed by atoms with Crippen LogP contribution in [-0.4, -0.2) is 17.4 Å². The minimum atomic E-state index is -0.290. The molecular formula is C15H12ClN3O. The Morgan fingerprint density at radius 1 is 1.35 bits per heavy atom. The fourth-order valence-corrected chi connectivity index (χ4v) is 1.73. The lowest BCUT2D eigenvalue weighted by atomic mass is 10.2. The van der Waals surface area contributed by atoms with Gasteiger partial charge < -0.3 is 11.1 Å². The van der Waals surface area contributed by atoms with Gasteiger partial charge in [-0.15, -0.1) is 0 Å². The lowest BCUT2D eigenvalue weighted by Crippen LogP contribution is -2.12. The van der Waals surface area contributed by atoms with Crippen LogP contribution in [0.2, 0.25) is 5.02 Å². The molecule has 20 heavy (non-hydrogen) atoms. The first-order chi connectivity index (χ1) is 9.70. The smallest absolute Gasteiger partial charge is 0.257 e. The van der Waals surface area contributed by atoms with Crippen LogP contribution in [0.4, 0.5) is 5.69 Å². The van der Waals surface area contributed by atoms with Crippen molar-refractivity contribution in [1.82, 2.24) is 4.98 Å². The summed E-state index contributed by atoms with van der Waals surface area (Å²) in [4.78, 5) is 16.1. The molecule has 0 saturated carbocycles. The predicted molar refractivity (Wildman–Crippen MR) is 79.6 cm³/mol. The van der Waals surface area contributed by atoms with Crippen molar-refractivity contribution in [3.63, 3.8) is 0 Å². The van der Waals surface area contributed by atoms with Crippen molar-refractivity contribution in [2.24, 2.45) is 5.73 Å². The number of benzene rings is 1. The molecule has 2 rings (SSSR count). The Morgan fingerprint density at radius 3 is 2.90 bits per heavy atom. The monoisotopic (exact) mass is 285 g/mol. The summed E-state index contributed by atoms with van der Waals surface area (Å²) in [5.74, 6) is 5.26. The zero-order valence-electron chi connectivity index (χ0n) is 10.6. The Hall–Kier alpha value is -2.35. The first kappa shape index (κ1) is 14.1. The van der Waals surface area contributed by atoms with Crippen molar-refractivity contribution >= 4 is 23.2 Å². The number of anilines is 1. The number of amides is 1. The SMILES string of the molecule is NCC#Cc1cncc(C(=O)Nc2ccccc2Cl)c1. The number of nitrogens with one attached hydrogen (secondary N) is 1. The van der Waals surface area contributed by atoms with Gasteiger partial charge in [0.2, 0.25) is 0 Å². The van der Waals surface area contributed by atoms with Crippen LogP contribution in [0, 0.1) is 11.8 Å². The van der Waals surface area contributed by atoms with Gasteiger partial charge in [-0.05, 0) is 18.2 Å². The molecule has 1 amide bonds. The van der Waals surface area contributed by atoms with Crippen LogP contribution in [0.15, 0.2) is 42.7 Å². The van der Waals surface area contributed by atoms with Crippen molar-refractivity contribution in [3.8, 4) is 11.8 Å². The van der Waals surface area contributed by atoms with Gasteiger partial charge in [-0.1, -0.05) is 35.6 Å². The molecule has 1 aromatic carbocycles. The standard InChI is InChI=1S/C15H12ClN3O/c16-13-5-1-2-6-14(13)19-15(20)12-8-11(4-3-7-17)9-18-10-12/h1-2,5-6,8-10H,7,17H2,(H,19,20). The molecule has 0 saturated heterocycles. The van der Waals surface area contributed by atoms with Gasteiger partial charge in [0.25, 0.3) is 5.91 Å². The summed E-state index contributed by atoms with van der Waals surface area (Å²) in [5.41, 5.74) is 6.91. The third-order valence-corrected chi connectivity index (χ3v) is 2.79. The predicted octanol–water partition coefficient (Wildman–Crippen LogP) is 2.30. The zero-order chi connectivity index (χ0) is 14.4. The molecule has 0 bridgehead atoms. The normalized spacial score (nSPS) is 9.50. The largest absolute Gasteiger partial charge is 0.321 e. The number of carbonyl (C=O) groups is 1. The van der Waals surface area contributed by atoms with Crippen molar-refractivity contribution in [3.05, 3.63) is 58.9 Å². The van der Waals surface area contributed by atoms with E-state index in [1.165, 1.54) is 6.20 Å². The molecule has 0 aliphatic rings. The second-order valence-electron chi connectivity index (χ2n) is 3.90. The Morgan fingerprint density at radius 2 is 2.15 bits per heavy atom. The van der Waals surface area contributed by atoms with Crippen LogP contribution in [0.1, 0.15) is 15.9 Å². The van der Waals surface area contributed by atoms with Gasteiger partial charge in [-0.2, -0.15) is 0 Å². The number of hydrogen-bond donors (Lipinski definition) is 2. The van der Waals surface area contributed by atoms with Gasteiger partial charge in [0.05, 0.1) is 22.8 Å². The molecule has 0 atom stereocenters. The van der Waals surface area contributed by atoms with E-state index in [2.05, 4.69) is 22.1 Å². The minimum Gasteiger partial charge on any atom is -0.321 e. The van der Waals surface area contributed by atoms with Crippen LogP contribution in [0.3, 0.4) is 0 Å². The van der Waals surface area contributed by atoms with Crippen LogP contribution in [0.25, 0.3) is 0 Å². The lowest BCUT2D eigenvalue weighted by molar-refractivity contribution is 0.102. The average molecular weight is 286 g/mol. The Balaban J connectivity index is 2.19. The Bertz CT molecular complexity index is 689. The summed E-state index contributed by atoms with van der Waals surface area (Å²) < 4.78 is 0. The Kier molecular flexibility index (Phi) is 4.72. The fourth-order valence-electron chi connectivity index (χ4n) is 1.54. The van der Waals surface area contributed by atoms with Crippen LogP contribution < -0.4 is 11.1 Å². The van der Waals surface area contributed by atoms with Crippen LogP contribution >= 0.6 is 11.6 Å². The van der Waals surface area contributed by atoms with E-state index in [1.807, 2.05) is 0 Å². The van der Waals surface area contributed by atoms with Crippen molar-refractivity contribution in [2.45, 2.75) is 0 Å². The van der Waals surface area contributed by atoms with Gasteiger partial charge in [0, 0.05) is 18.0 Å². The molecular weight excluding hydrogens is 274 g/mol. The third kappa shape index (κ3) is 3.58. The highest BCUT2D eigenvalue weighted by molar-refractivity contribution is 6.33. The Labute approximate surface area is 122 Å². The van der Waals surface area contributed by atoms with E-state index in [-0.39, 0.29) is 12.5 Å². The molecule has 0 fully saturated rings. The molecule has 4 nitrogen and oxygen atoms in total. The first-order valence-electron chi connectivity index (χ1n) is 5.90. The average Bonchev–Trinajstić information content (AvgIpc) is 2.48. The maximum atomic E-state index is 12.1. The molecule has 3 N–H and O–H groups in total. The minimum absolute atomic E-state index is 0.260. The molecule has 5 heteroatoms. The molecule has 0 aliphatic carbocycles. The van der Waals surface area contributed by atoms with E-state index in [0.29, 0.717) is 21.8 Å². The summed E-state index contributed by atoms with van der Waals surface area (Å²) in [6, 6.07) is 8.68. The molecule has 100 valence electrons. The number of pyridine rings is 1. The second-order valence-corrected chi connectivity index (χ2v) is 4.31. The van der Waals surface area contributed by atoms with E-state index in [1.54, 1.807) is 36.5 Å². The van der Waals surface area contributed by atoms with Crippen molar-refractivity contribution in [2.75, 3.05) is 11.9 Å². The van der Waals surface area contributed by atoms with E-state index < -0.39 is 0 Å². The van der Waals surface area contributed by atoms with Crippen LogP contribution in [-0.2, 0) is 0 Å². The highest BCUT2D eigenvalue weighted by atomic mass is 35.5. The number of aromatic nitrogens is 1. The lowest BCUT2D eigenvalue weighted by Gasteiger charge is -2.06. The maximum Gasteiger partial charge on any atom is 0.257 e. The van der Waals surface area contributed by atoms with Crippen LogP contribution in [0.5, 0.6) is 0 Å². The second kappa shape index (κ2) is 6.71. The topological polar surface area (TPSA) is 68.0 Å². The first-order valence-corrected chi connectivity index (χ1v) is 6.28. The number of nitrogens with two attached hydrogens (primary N) is 1. The molecule has 2 aromatic rings. The van der Waals surface area contributed by atoms with Gasteiger partial charge in [0.1, 0.15) is 0 Å². The molecule has 0 spiro atoms. The number of rotatable bonds is 2. The summed E-state index contributed by atoms with van der Waals surface area (Å²) >= 11 is 5.99. The van der Waals surface area contributed by atoms with Gasteiger partial charge in [0.15, 0.2) is 0 Å². The number of nitrogens with zero attached hydrogens (tertiary/aromatic N) is 1. The zero-order valence-corrected chi connectivity index (χ0v) is 11.3. The van der Waals surface area contributed by atoms with Crippen molar-refractivity contribution < 1.29 is 4.79 Å². The highest BCUT2D eigenvalue weighted by Gasteiger charge is 2.08. The summed E-state index contributed by atoms with van der Waals surface area (Å²) in [7, 11) is 0. The van der Waals surface area contributed by atoms with E-state index in [9.17, 15) is 4.79 Å². The van der Waals surface area contributed by atoms with E-state index in [4.69, 9.17) is 17.3 Å². The van der Waals surface area contributed by atoms with E-state index in [0.717, 1.165) is 0 Å². The fraction of sp³-hybridized carbons (Fsp3) is 0.0667. The maximum absolute atomic E-state index is 12.1. The van der Waals surface area contributed by atoms with Gasteiger partial charge >= 0.3 is 0 Å². The summed E-state index contributed by atoms with van der Waals surface area (Å²) in [6.07, 6.45) is 3.05. The van der Waals surface area contributed by atoms with Gasteiger partial charge in [-0.3, -0.25) is 9.78 Å². The molecule has 1 heterocycles. The number of para-hydroxylation sites is 1.